The van der Waals surface area contributed by atoms with Gasteiger partial charge < -0.3 is 8.83 Å². The molecular weight excluding hydrogens is 843 g/mol. The molecule has 0 fully saturated rings. The van der Waals surface area contributed by atoms with Crippen LogP contribution >= 0.6 is 0 Å². The Labute approximate surface area is 397 Å². The molecule has 3 heterocycles. The lowest BCUT2D eigenvalue weighted by atomic mass is 9.67. The molecule has 13 aromatic rings. The molecular formula is C64H39N3O2. The molecule has 69 heavy (non-hydrogen) atoms. The molecule has 0 aliphatic heterocycles. The molecule has 10 aromatic carbocycles. The zero-order valence-electron chi connectivity index (χ0n) is 37.2. The average Bonchev–Trinajstić information content (AvgIpc) is 4.10. The summed E-state index contributed by atoms with van der Waals surface area (Å²) in [4.78, 5) is 15.6. The van der Waals surface area contributed by atoms with E-state index in [2.05, 4.69) is 164 Å². The zero-order chi connectivity index (χ0) is 45.5. The molecule has 14 rings (SSSR count). The van der Waals surface area contributed by atoms with E-state index in [0.29, 0.717) is 17.5 Å². The van der Waals surface area contributed by atoms with E-state index in [9.17, 15) is 0 Å². The number of hydrogen-bond donors (Lipinski definition) is 0. The first-order valence-corrected chi connectivity index (χ1v) is 23.3. The van der Waals surface area contributed by atoms with E-state index in [0.717, 1.165) is 77.3 Å². The predicted octanol–water partition coefficient (Wildman–Crippen LogP) is 16.4. The average molecular weight is 882 g/mol. The summed E-state index contributed by atoms with van der Waals surface area (Å²) in [6.45, 7) is 0. The van der Waals surface area contributed by atoms with Gasteiger partial charge in [0.05, 0.1) is 5.41 Å². The molecule has 0 saturated carbocycles. The van der Waals surface area contributed by atoms with Gasteiger partial charge in [-0.25, -0.2) is 15.0 Å². The van der Waals surface area contributed by atoms with Gasteiger partial charge >= 0.3 is 0 Å². The first-order chi connectivity index (χ1) is 34.2. The number of nitrogens with zero attached hydrogens (tertiary/aromatic N) is 3. The van der Waals surface area contributed by atoms with E-state index in [1.165, 1.54) is 38.9 Å². The number of fused-ring (bicyclic) bond motifs is 9. The minimum atomic E-state index is -0.477. The molecule has 0 bridgehead atoms. The van der Waals surface area contributed by atoms with Gasteiger partial charge in [-0.15, -0.1) is 0 Å². The van der Waals surface area contributed by atoms with Crippen molar-refractivity contribution in [3.63, 3.8) is 0 Å². The maximum Gasteiger partial charge on any atom is 0.164 e. The number of para-hydroxylation sites is 1. The Kier molecular flexibility index (Phi) is 8.73. The zero-order valence-corrected chi connectivity index (χ0v) is 37.2. The number of aromatic nitrogens is 3. The third-order valence-corrected chi connectivity index (χ3v) is 14.0. The summed E-state index contributed by atoms with van der Waals surface area (Å²) in [6.07, 6.45) is 0. The van der Waals surface area contributed by atoms with Crippen molar-refractivity contribution in [2.45, 2.75) is 5.41 Å². The van der Waals surface area contributed by atoms with Crippen molar-refractivity contribution in [3.05, 3.63) is 259 Å². The van der Waals surface area contributed by atoms with Gasteiger partial charge in [0, 0.05) is 38.2 Å². The molecule has 0 N–H and O–H groups in total. The Morgan fingerprint density at radius 3 is 1.49 bits per heavy atom. The van der Waals surface area contributed by atoms with Crippen LogP contribution < -0.4 is 0 Å². The van der Waals surface area contributed by atoms with Gasteiger partial charge in [-0.3, -0.25) is 0 Å². The van der Waals surface area contributed by atoms with Crippen LogP contribution in [0.1, 0.15) is 22.3 Å². The smallest absolute Gasteiger partial charge is 0.164 e. The van der Waals surface area contributed by atoms with Gasteiger partial charge in [-0.2, -0.15) is 0 Å². The Bertz CT molecular complexity index is 4100. The summed E-state index contributed by atoms with van der Waals surface area (Å²) in [7, 11) is 0. The molecule has 0 unspecified atom stereocenters. The maximum absolute atomic E-state index is 6.62. The van der Waals surface area contributed by atoms with E-state index < -0.39 is 5.41 Å². The van der Waals surface area contributed by atoms with E-state index >= 15 is 0 Å². The molecule has 0 radical (unpaired) electrons. The normalized spacial score (nSPS) is 12.8. The minimum Gasteiger partial charge on any atom is -0.456 e. The monoisotopic (exact) mass is 881 g/mol. The standard InChI is InChI=1S/C64H39N3O2/c1-4-18-40(19-5-1)61-65-62(49-29-16-34-56-59(49)48-27-11-13-33-54(48)68-56)67-63(66-61)50-30-17-35-57-60(50)51-39-42(36-37-55(51)69-57)41-20-14-21-43(38-41)46-28-15-32-53-58(46)47-26-10-12-31-52(47)64(53,44-22-6-2-7-23-44)45-24-8-3-9-25-45/h1-39H. The number of hydrogen-bond acceptors (Lipinski definition) is 5. The molecule has 0 saturated heterocycles. The third-order valence-electron chi connectivity index (χ3n) is 14.0. The number of rotatable bonds is 7. The Morgan fingerprint density at radius 2 is 0.768 bits per heavy atom. The van der Waals surface area contributed by atoms with Crippen LogP contribution in [0.15, 0.2) is 245 Å². The topological polar surface area (TPSA) is 65.0 Å². The van der Waals surface area contributed by atoms with Crippen molar-refractivity contribution in [2.24, 2.45) is 0 Å². The van der Waals surface area contributed by atoms with Gasteiger partial charge in [-0.1, -0.05) is 200 Å². The summed E-state index contributed by atoms with van der Waals surface area (Å²) in [5, 5.41) is 3.92. The first-order valence-electron chi connectivity index (χ1n) is 23.3. The van der Waals surface area contributed by atoms with Crippen molar-refractivity contribution >= 4 is 43.9 Å². The van der Waals surface area contributed by atoms with Gasteiger partial charge in [-0.05, 0) is 92.0 Å². The fourth-order valence-electron chi connectivity index (χ4n) is 11.1. The predicted molar refractivity (Wildman–Crippen MR) is 279 cm³/mol. The maximum atomic E-state index is 6.62. The highest BCUT2D eigenvalue weighted by Crippen LogP contribution is 2.58. The SMILES string of the molecule is c1ccc(-c2nc(-c3cccc4oc5ccccc5c34)nc(-c3cccc4oc5ccc(-c6cccc(-c7cccc8c7-c7ccccc7C8(c7ccccc7)c7ccccc7)c6)cc5c34)n2)cc1. The highest BCUT2D eigenvalue weighted by Gasteiger charge is 2.46. The van der Waals surface area contributed by atoms with Crippen LogP contribution in [0.3, 0.4) is 0 Å². The molecule has 3 aromatic heterocycles. The molecule has 0 spiro atoms. The van der Waals surface area contributed by atoms with Crippen molar-refractivity contribution in [1.29, 1.82) is 0 Å². The summed E-state index contributed by atoms with van der Waals surface area (Å²) in [6, 6.07) is 83.6. The van der Waals surface area contributed by atoms with Gasteiger partial charge in [0.1, 0.15) is 22.3 Å². The quantitative estimate of drug-likeness (QED) is 0.160. The van der Waals surface area contributed by atoms with Crippen LogP contribution in [-0.2, 0) is 5.41 Å². The highest BCUT2D eigenvalue weighted by atomic mass is 16.3. The Morgan fingerprint density at radius 1 is 0.290 bits per heavy atom. The van der Waals surface area contributed by atoms with Crippen molar-refractivity contribution < 1.29 is 8.83 Å². The van der Waals surface area contributed by atoms with E-state index in [-0.39, 0.29) is 0 Å². The fraction of sp³-hybridized carbons (Fsp3) is 0.0156. The highest BCUT2D eigenvalue weighted by molar-refractivity contribution is 6.14. The van der Waals surface area contributed by atoms with Crippen LogP contribution in [0, 0.1) is 0 Å². The lowest BCUT2D eigenvalue weighted by Gasteiger charge is -2.34. The van der Waals surface area contributed by atoms with Crippen molar-refractivity contribution in [2.75, 3.05) is 0 Å². The lowest BCUT2D eigenvalue weighted by molar-refractivity contribution is 0.668. The molecule has 322 valence electrons. The van der Waals surface area contributed by atoms with E-state index in [1.54, 1.807) is 0 Å². The van der Waals surface area contributed by atoms with Gasteiger partial charge in [0.15, 0.2) is 17.5 Å². The molecule has 5 nitrogen and oxygen atoms in total. The second kappa shape index (κ2) is 15.4. The molecule has 5 heteroatoms. The van der Waals surface area contributed by atoms with Crippen LogP contribution in [0.5, 0.6) is 0 Å². The summed E-state index contributed by atoms with van der Waals surface area (Å²) in [5.41, 5.74) is 17.5. The van der Waals surface area contributed by atoms with Crippen LogP contribution in [0.2, 0.25) is 0 Å². The van der Waals surface area contributed by atoms with Gasteiger partial charge in [0.25, 0.3) is 0 Å². The molecule has 0 amide bonds. The van der Waals surface area contributed by atoms with Crippen LogP contribution in [-0.4, -0.2) is 15.0 Å². The second-order valence-corrected chi connectivity index (χ2v) is 17.8. The largest absolute Gasteiger partial charge is 0.456 e. The minimum absolute atomic E-state index is 0.477. The Balaban J connectivity index is 0.929. The number of benzene rings is 10. The van der Waals surface area contributed by atoms with E-state index in [4.69, 9.17) is 23.8 Å². The third kappa shape index (κ3) is 6.00. The number of furan rings is 2. The van der Waals surface area contributed by atoms with Gasteiger partial charge in [0.2, 0.25) is 0 Å². The Hall–Kier alpha value is -9.19. The molecule has 0 atom stereocenters. The molecule has 1 aliphatic rings. The molecule has 1 aliphatic carbocycles. The van der Waals surface area contributed by atoms with E-state index in [1.807, 2.05) is 72.8 Å². The lowest BCUT2D eigenvalue weighted by Crippen LogP contribution is -2.28. The summed E-state index contributed by atoms with van der Waals surface area (Å²) in [5.74, 6) is 1.71. The summed E-state index contributed by atoms with van der Waals surface area (Å²) < 4.78 is 12.9. The van der Waals surface area contributed by atoms with Crippen LogP contribution in [0.4, 0.5) is 0 Å². The first kappa shape index (κ1) is 39.0. The second-order valence-electron chi connectivity index (χ2n) is 17.8. The van der Waals surface area contributed by atoms with Crippen LogP contribution in [0.25, 0.3) is 111 Å². The fourth-order valence-corrected chi connectivity index (χ4v) is 11.1. The van der Waals surface area contributed by atoms with Crippen molar-refractivity contribution in [3.8, 4) is 67.5 Å². The summed E-state index contributed by atoms with van der Waals surface area (Å²) >= 11 is 0. The van der Waals surface area contributed by atoms with Crippen molar-refractivity contribution in [1.82, 2.24) is 15.0 Å².